The Morgan fingerprint density at radius 1 is 1.07 bits per heavy atom. The van der Waals surface area contributed by atoms with Crippen molar-refractivity contribution < 1.29 is 4.79 Å². The summed E-state index contributed by atoms with van der Waals surface area (Å²) in [5, 5.41) is 10.1. The lowest BCUT2D eigenvalue weighted by molar-refractivity contribution is 0.102. The first kappa shape index (κ1) is 18.6. The largest absolute Gasteiger partial charge is 0.306 e. The molecule has 0 bridgehead atoms. The van der Waals surface area contributed by atoms with Crippen LogP contribution in [0.4, 0.5) is 5.82 Å². The van der Waals surface area contributed by atoms with E-state index in [0.717, 1.165) is 21.4 Å². The summed E-state index contributed by atoms with van der Waals surface area (Å²) in [5.74, 6) is 0.402. The maximum Gasteiger partial charge on any atom is 0.256 e. The van der Waals surface area contributed by atoms with Gasteiger partial charge in [0.2, 0.25) is 5.13 Å². The molecule has 28 heavy (non-hydrogen) atoms. The molecule has 1 N–H and O–H groups in total. The monoisotopic (exact) mass is 452 g/mol. The zero-order valence-corrected chi connectivity index (χ0v) is 17.7. The van der Waals surface area contributed by atoms with Crippen molar-refractivity contribution in [3.63, 3.8) is 0 Å². The van der Waals surface area contributed by atoms with Crippen molar-refractivity contribution in [2.45, 2.75) is 13.8 Å². The number of halogens is 1. The lowest BCUT2D eigenvalue weighted by Gasteiger charge is -2.06. The van der Waals surface area contributed by atoms with Crippen LogP contribution in [0.15, 0.2) is 64.5 Å². The number of carbonyl (C=O) groups excluding carboxylic acids is 1. The minimum Gasteiger partial charge on any atom is -0.306 e. The van der Waals surface area contributed by atoms with Crippen molar-refractivity contribution in [3.8, 4) is 16.4 Å². The zero-order chi connectivity index (χ0) is 19.7. The van der Waals surface area contributed by atoms with E-state index in [1.165, 1.54) is 16.9 Å². The predicted octanol–water partition coefficient (Wildman–Crippen LogP) is 5.63. The number of aryl methyl sites for hydroxylation is 2. The lowest BCUT2D eigenvalue weighted by Crippen LogP contribution is -2.15. The molecule has 0 unspecified atom stereocenters. The fraction of sp³-hybridized carbons (Fsp3) is 0.0952. The zero-order valence-electron chi connectivity index (χ0n) is 15.3. The highest BCUT2D eigenvalue weighted by atomic mass is 79.9. The minimum absolute atomic E-state index is 0.191. The minimum atomic E-state index is -0.191. The van der Waals surface area contributed by atoms with Crippen LogP contribution in [0.25, 0.3) is 16.4 Å². The lowest BCUT2D eigenvalue weighted by atomic mass is 10.1. The molecule has 0 fully saturated rings. The molecule has 0 atom stereocenters. The van der Waals surface area contributed by atoms with Gasteiger partial charge in [0.05, 0.1) is 11.4 Å². The molecule has 2 heterocycles. The fourth-order valence-electron chi connectivity index (χ4n) is 2.74. The Morgan fingerprint density at radius 2 is 1.79 bits per heavy atom. The third-order valence-electron chi connectivity index (χ3n) is 4.20. The van der Waals surface area contributed by atoms with Gasteiger partial charge in [-0.3, -0.25) is 4.79 Å². The van der Waals surface area contributed by atoms with E-state index in [-0.39, 0.29) is 5.91 Å². The van der Waals surface area contributed by atoms with E-state index in [1.807, 2.05) is 30.5 Å². The van der Waals surface area contributed by atoms with E-state index in [2.05, 4.69) is 57.5 Å². The van der Waals surface area contributed by atoms with Gasteiger partial charge in [0, 0.05) is 27.0 Å². The van der Waals surface area contributed by atoms with Gasteiger partial charge in [0.25, 0.3) is 5.91 Å². The number of amides is 1. The molecule has 0 spiro atoms. The molecule has 5 nitrogen and oxygen atoms in total. The summed E-state index contributed by atoms with van der Waals surface area (Å²) < 4.78 is 2.60. The maximum atomic E-state index is 12.6. The number of nitrogens with zero attached hydrogens (tertiary/aromatic N) is 3. The van der Waals surface area contributed by atoms with Gasteiger partial charge in [0.15, 0.2) is 0 Å². The summed E-state index contributed by atoms with van der Waals surface area (Å²) in [6.45, 7) is 3.95. The first-order chi connectivity index (χ1) is 13.5. The number of rotatable bonds is 4. The number of carbonyl (C=O) groups is 1. The van der Waals surface area contributed by atoms with E-state index < -0.39 is 0 Å². The van der Waals surface area contributed by atoms with E-state index in [0.29, 0.717) is 16.5 Å². The van der Waals surface area contributed by atoms with Crippen LogP contribution < -0.4 is 5.32 Å². The molecule has 1 amide bonds. The maximum absolute atomic E-state index is 12.6. The first-order valence-corrected chi connectivity index (χ1v) is 10.3. The molecule has 0 saturated carbocycles. The second-order valence-electron chi connectivity index (χ2n) is 6.43. The van der Waals surface area contributed by atoms with Crippen molar-refractivity contribution in [3.05, 3.63) is 81.3 Å². The number of nitrogens with one attached hydrogen (secondary N) is 1. The van der Waals surface area contributed by atoms with Crippen LogP contribution in [0.5, 0.6) is 0 Å². The summed E-state index contributed by atoms with van der Waals surface area (Å²) in [6, 6.07) is 17.3. The Balaban J connectivity index is 1.62. The van der Waals surface area contributed by atoms with Gasteiger partial charge in [-0.15, -0.1) is 11.3 Å². The SMILES string of the molecule is Cc1ccc(-c2csc(-n3nc(C)cc3NC(=O)c3ccc(Br)cc3)n2)cc1. The molecule has 2 aromatic carbocycles. The molecule has 0 aliphatic rings. The molecule has 4 rings (SSSR count). The summed E-state index contributed by atoms with van der Waals surface area (Å²) in [5.41, 5.74) is 4.53. The number of thiazole rings is 1. The molecule has 140 valence electrons. The molecular formula is C21H17BrN4OS. The normalized spacial score (nSPS) is 10.8. The number of anilines is 1. The van der Waals surface area contributed by atoms with Gasteiger partial charge < -0.3 is 5.32 Å². The van der Waals surface area contributed by atoms with Crippen molar-refractivity contribution in [1.82, 2.24) is 14.8 Å². The summed E-state index contributed by atoms with van der Waals surface area (Å²) >= 11 is 4.87. The first-order valence-electron chi connectivity index (χ1n) is 8.66. The molecule has 0 saturated heterocycles. The molecule has 4 aromatic rings. The van der Waals surface area contributed by atoms with Gasteiger partial charge in [-0.2, -0.15) is 9.78 Å². The predicted molar refractivity (Wildman–Crippen MR) is 116 cm³/mol. The van der Waals surface area contributed by atoms with Crippen LogP contribution in [-0.2, 0) is 0 Å². The molecule has 0 aliphatic heterocycles. The Hall–Kier alpha value is -2.77. The molecular weight excluding hydrogens is 436 g/mol. The molecule has 0 radical (unpaired) electrons. The number of aromatic nitrogens is 3. The third kappa shape index (κ3) is 3.90. The summed E-state index contributed by atoms with van der Waals surface area (Å²) in [6.07, 6.45) is 0. The quantitative estimate of drug-likeness (QED) is 0.436. The summed E-state index contributed by atoms with van der Waals surface area (Å²) in [4.78, 5) is 17.3. The third-order valence-corrected chi connectivity index (χ3v) is 5.54. The highest BCUT2D eigenvalue weighted by Crippen LogP contribution is 2.27. The van der Waals surface area contributed by atoms with Gasteiger partial charge in [0.1, 0.15) is 5.82 Å². The molecule has 7 heteroatoms. The topological polar surface area (TPSA) is 59.8 Å². The fourth-order valence-corrected chi connectivity index (χ4v) is 3.80. The van der Waals surface area contributed by atoms with E-state index >= 15 is 0 Å². The second kappa shape index (κ2) is 7.69. The average molecular weight is 453 g/mol. The van der Waals surface area contributed by atoms with E-state index in [4.69, 9.17) is 4.98 Å². The number of hydrogen-bond donors (Lipinski definition) is 1. The van der Waals surface area contributed by atoms with Crippen LogP contribution in [-0.4, -0.2) is 20.7 Å². The highest BCUT2D eigenvalue weighted by Gasteiger charge is 2.15. The second-order valence-corrected chi connectivity index (χ2v) is 8.18. The van der Waals surface area contributed by atoms with Gasteiger partial charge in [-0.1, -0.05) is 45.8 Å². The van der Waals surface area contributed by atoms with Crippen LogP contribution in [0, 0.1) is 13.8 Å². The Labute approximate surface area is 175 Å². The summed E-state index contributed by atoms with van der Waals surface area (Å²) in [7, 11) is 0. The van der Waals surface area contributed by atoms with Gasteiger partial charge >= 0.3 is 0 Å². The Morgan fingerprint density at radius 3 is 2.50 bits per heavy atom. The Bertz CT molecular complexity index is 1130. The van der Waals surface area contributed by atoms with Crippen molar-refractivity contribution in [2.75, 3.05) is 5.32 Å². The van der Waals surface area contributed by atoms with Crippen LogP contribution in [0.1, 0.15) is 21.6 Å². The van der Waals surface area contributed by atoms with Crippen molar-refractivity contribution >= 4 is 39.0 Å². The van der Waals surface area contributed by atoms with Gasteiger partial charge in [-0.25, -0.2) is 4.98 Å². The smallest absolute Gasteiger partial charge is 0.256 e. The van der Waals surface area contributed by atoms with Crippen molar-refractivity contribution in [1.29, 1.82) is 0 Å². The van der Waals surface area contributed by atoms with E-state index in [9.17, 15) is 4.79 Å². The van der Waals surface area contributed by atoms with Crippen LogP contribution >= 0.6 is 27.3 Å². The number of hydrogen-bond acceptors (Lipinski definition) is 4. The van der Waals surface area contributed by atoms with Crippen molar-refractivity contribution in [2.24, 2.45) is 0 Å². The standard InChI is InChI=1S/C21H17BrN4OS/c1-13-3-5-15(6-4-13)18-12-28-21(23-18)26-19(11-14(2)25-26)24-20(27)16-7-9-17(22)10-8-16/h3-12H,1-2H3,(H,24,27). The number of benzene rings is 2. The highest BCUT2D eigenvalue weighted by molar-refractivity contribution is 9.10. The van der Waals surface area contributed by atoms with E-state index in [1.54, 1.807) is 16.8 Å². The average Bonchev–Trinajstić information content (AvgIpc) is 3.29. The Kier molecular flexibility index (Phi) is 5.11. The van der Waals surface area contributed by atoms with Crippen LogP contribution in [0.3, 0.4) is 0 Å². The van der Waals surface area contributed by atoms with Gasteiger partial charge in [-0.05, 0) is 38.1 Å². The van der Waals surface area contributed by atoms with Crippen LogP contribution in [0.2, 0.25) is 0 Å². The molecule has 2 aromatic heterocycles. The molecule has 0 aliphatic carbocycles.